The highest BCUT2D eigenvalue weighted by atomic mass is 16.5. The predicted octanol–water partition coefficient (Wildman–Crippen LogP) is 2.96. The molecule has 1 saturated carbocycles. The second kappa shape index (κ2) is 8.79. The van der Waals surface area contributed by atoms with E-state index in [4.69, 9.17) is 9.15 Å². The van der Waals surface area contributed by atoms with Crippen LogP contribution in [0.15, 0.2) is 39.7 Å². The molecule has 1 fully saturated rings. The molecule has 0 radical (unpaired) electrons. The summed E-state index contributed by atoms with van der Waals surface area (Å²) in [7, 11) is 3.72. The van der Waals surface area contributed by atoms with Crippen LogP contribution in [0.4, 0.5) is 4.79 Å². The lowest BCUT2D eigenvalue weighted by molar-refractivity contribution is 0.146. The first-order valence-electron chi connectivity index (χ1n) is 9.43. The Kier molecular flexibility index (Phi) is 6.21. The van der Waals surface area contributed by atoms with Gasteiger partial charge in [0.1, 0.15) is 11.3 Å². The third-order valence-corrected chi connectivity index (χ3v) is 4.69. The number of hydrogen-bond acceptors (Lipinski definition) is 4. The number of furan rings is 1. The summed E-state index contributed by atoms with van der Waals surface area (Å²) < 4.78 is 10.9. The molecule has 0 saturated heterocycles. The van der Waals surface area contributed by atoms with Gasteiger partial charge in [-0.15, -0.1) is 0 Å². The molecule has 1 aliphatic carbocycles. The van der Waals surface area contributed by atoms with Crippen molar-refractivity contribution in [3.63, 3.8) is 0 Å². The smallest absolute Gasteiger partial charge is 0.407 e. The summed E-state index contributed by atoms with van der Waals surface area (Å²) in [4.78, 5) is 18.1. The number of guanidine groups is 1. The van der Waals surface area contributed by atoms with Gasteiger partial charge in [0, 0.05) is 26.0 Å². The Morgan fingerprint density at radius 2 is 2.19 bits per heavy atom. The van der Waals surface area contributed by atoms with Gasteiger partial charge in [-0.3, -0.25) is 4.99 Å². The fourth-order valence-corrected chi connectivity index (χ4v) is 3.17. The van der Waals surface area contributed by atoms with E-state index in [1.807, 2.05) is 36.2 Å². The quantitative estimate of drug-likeness (QED) is 0.577. The standard InChI is InChI=1S/C20H28N4O3/c1-4-26-20(25)23-17(14-9-10-14)12-22-19(21-2)24(3)13-16-11-15-7-5-6-8-18(15)27-16/h5-8,11,14,17H,4,9-10,12-13H2,1-3H3,(H,21,22)(H,23,25). The number of nitrogens with zero attached hydrogens (tertiary/aromatic N) is 2. The van der Waals surface area contributed by atoms with Crippen LogP contribution < -0.4 is 10.6 Å². The number of rotatable bonds is 7. The maximum atomic E-state index is 11.7. The van der Waals surface area contributed by atoms with Crippen LogP contribution in [0.3, 0.4) is 0 Å². The van der Waals surface area contributed by atoms with E-state index in [0.29, 0.717) is 25.6 Å². The summed E-state index contributed by atoms with van der Waals surface area (Å²) in [5.74, 6) is 2.14. The van der Waals surface area contributed by atoms with Gasteiger partial charge in [-0.05, 0) is 37.8 Å². The number of carbonyl (C=O) groups excluding carboxylic acids is 1. The van der Waals surface area contributed by atoms with Crippen LogP contribution in [0.2, 0.25) is 0 Å². The third-order valence-electron chi connectivity index (χ3n) is 4.69. The molecular formula is C20H28N4O3. The van der Waals surface area contributed by atoms with Crippen molar-refractivity contribution in [2.24, 2.45) is 10.9 Å². The highest BCUT2D eigenvalue weighted by Gasteiger charge is 2.32. The summed E-state index contributed by atoms with van der Waals surface area (Å²) in [5.41, 5.74) is 0.885. The molecule has 0 bridgehead atoms. The number of ether oxygens (including phenoxy) is 1. The molecule has 1 unspecified atom stereocenters. The van der Waals surface area contributed by atoms with E-state index in [1.165, 1.54) is 0 Å². The monoisotopic (exact) mass is 372 g/mol. The van der Waals surface area contributed by atoms with E-state index in [2.05, 4.69) is 21.7 Å². The second-order valence-corrected chi connectivity index (χ2v) is 6.84. The molecule has 1 aromatic carbocycles. The zero-order valence-electron chi connectivity index (χ0n) is 16.2. The van der Waals surface area contributed by atoms with Gasteiger partial charge in [-0.2, -0.15) is 0 Å². The van der Waals surface area contributed by atoms with Crippen LogP contribution in [0.1, 0.15) is 25.5 Å². The summed E-state index contributed by atoms with van der Waals surface area (Å²) in [5, 5.41) is 7.40. The molecule has 2 aromatic rings. The molecule has 27 heavy (non-hydrogen) atoms. The Hall–Kier alpha value is -2.70. The number of nitrogens with one attached hydrogen (secondary N) is 2. The number of aliphatic imine (C=N–C) groups is 1. The number of alkyl carbamates (subject to hydrolysis) is 1. The number of amides is 1. The first-order valence-corrected chi connectivity index (χ1v) is 9.43. The molecule has 0 spiro atoms. The SMILES string of the molecule is CCOC(=O)NC(CNC(=NC)N(C)Cc1cc2ccccc2o1)C1CC1. The van der Waals surface area contributed by atoms with Crippen molar-refractivity contribution in [2.75, 3.05) is 27.2 Å². The minimum absolute atomic E-state index is 0.0420. The van der Waals surface area contributed by atoms with Gasteiger partial charge in [0.05, 0.1) is 19.2 Å². The highest BCUT2D eigenvalue weighted by molar-refractivity contribution is 5.80. The molecule has 146 valence electrons. The predicted molar refractivity (Wildman–Crippen MR) is 106 cm³/mol. The lowest BCUT2D eigenvalue weighted by Gasteiger charge is -2.24. The lowest BCUT2D eigenvalue weighted by atomic mass is 10.2. The average Bonchev–Trinajstić information content (AvgIpc) is 3.41. The average molecular weight is 372 g/mol. The van der Waals surface area contributed by atoms with Crippen molar-refractivity contribution in [1.82, 2.24) is 15.5 Å². The minimum Gasteiger partial charge on any atom is -0.459 e. The molecule has 1 amide bonds. The van der Waals surface area contributed by atoms with Crippen LogP contribution in [-0.4, -0.2) is 50.2 Å². The van der Waals surface area contributed by atoms with Gasteiger partial charge >= 0.3 is 6.09 Å². The number of benzene rings is 1. The topological polar surface area (TPSA) is 79.1 Å². The van der Waals surface area contributed by atoms with Crippen LogP contribution in [0.5, 0.6) is 0 Å². The van der Waals surface area contributed by atoms with Gasteiger partial charge in [-0.25, -0.2) is 4.79 Å². The second-order valence-electron chi connectivity index (χ2n) is 6.84. The Labute approximate surface area is 159 Å². The van der Waals surface area contributed by atoms with E-state index >= 15 is 0 Å². The van der Waals surface area contributed by atoms with Crippen molar-refractivity contribution >= 4 is 23.0 Å². The van der Waals surface area contributed by atoms with E-state index < -0.39 is 0 Å². The largest absolute Gasteiger partial charge is 0.459 e. The van der Waals surface area contributed by atoms with Crippen molar-refractivity contribution in [1.29, 1.82) is 0 Å². The molecule has 7 heteroatoms. The van der Waals surface area contributed by atoms with Crippen molar-refractivity contribution in [3.8, 4) is 0 Å². The Balaban J connectivity index is 1.56. The molecule has 0 aliphatic heterocycles. The lowest BCUT2D eigenvalue weighted by Crippen LogP contribution is -2.48. The summed E-state index contributed by atoms with van der Waals surface area (Å²) in [6.45, 7) is 3.39. The normalized spacial score (nSPS) is 15.4. The fraction of sp³-hybridized carbons (Fsp3) is 0.500. The van der Waals surface area contributed by atoms with Gasteiger partial charge in [0.15, 0.2) is 5.96 Å². The minimum atomic E-state index is -0.359. The van der Waals surface area contributed by atoms with Gasteiger partial charge < -0.3 is 24.7 Å². The number of fused-ring (bicyclic) bond motifs is 1. The summed E-state index contributed by atoms with van der Waals surface area (Å²) in [6.07, 6.45) is 1.90. The number of para-hydroxylation sites is 1. The van der Waals surface area contributed by atoms with E-state index in [1.54, 1.807) is 14.0 Å². The number of carbonyl (C=O) groups is 1. The highest BCUT2D eigenvalue weighted by Crippen LogP contribution is 2.32. The van der Waals surface area contributed by atoms with Crippen LogP contribution in [-0.2, 0) is 11.3 Å². The Morgan fingerprint density at radius 1 is 1.41 bits per heavy atom. The Bertz CT molecular complexity index is 764. The molecule has 3 rings (SSSR count). The van der Waals surface area contributed by atoms with Crippen LogP contribution in [0.25, 0.3) is 11.0 Å². The first-order chi connectivity index (χ1) is 13.1. The zero-order chi connectivity index (χ0) is 19.2. The van der Waals surface area contributed by atoms with Crippen molar-refractivity contribution in [3.05, 3.63) is 36.1 Å². The zero-order valence-corrected chi connectivity index (χ0v) is 16.2. The first kappa shape index (κ1) is 19.1. The molecule has 1 atom stereocenters. The molecule has 7 nitrogen and oxygen atoms in total. The summed E-state index contributed by atoms with van der Waals surface area (Å²) >= 11 is 0. The van der Waals surface area contributed by atoms with E-state index in [9.17, 15) is 4.79 Å². The van der Waals surface area contributed by atoms with E-state index in [0.717, 1.165) is 35.5 Å². The Morgan fingerprint density at radius 3 is 2.85 bits per heavy atom. The maximum Gasteiger partial charge on any atom is 0.407 e. The number of hydrogen-bond donors (Lipinski definition) is 2. The van der Waals surface area contributed by atoms with Gasteiger partial charge in [0.2, 0.25) is 0 Å². The van der Waals surface area contributed by atoms with Crippen LogP contribution in [0, 0.1) is 5.92 Å². The van der Waals surface area contributed by atoms with E-state index in [-0.39, 0.29) is 12.1 Å². The molecule has 2 N–H and O–H groups in total. The molecule has 1 aliphatic rings. The molecular weight excluding hydrogens is 344 g/mol. The third kappa shape index (κ3) is 5.15. The molecule has 1 heterocycles. The van der Waals surface area contributed by atoms with Crippen LogP contribution >= 0.6 is 0 Å². The van der Waals surface area contributed by atoms with Crippen molar-refractivity contribution in [2.45, 2.75) is 32.4 Å². The van der Waals surface area contributed by atoms with Gasteiger partial charge in [0.25, 0.3) is 0 Å². The van der Waals surface area contributed by atoms with Crippen molar-refractivity contribution < 1.29 is 13.9 Å². The fourth-order valence-electron chi connectivity index (χ4n) is 3.17. The molecule has 1 aromatic heterocycles. The maximum absolute atomic E-state index is 11.7. The summed E-state index contributed by atoms with van der Waals surface area (Å²) in [6, 6.07) is 10.1. The van der Waals surface area contributed by atoms with Gasteiger partial charge in [-0.1, -0.05) is 18.2 Å².